The molecule has 2 nitrogen and oxygen atoms in total. The van der Waals surface area contributed by atoms with Gasteiger partial charge in [-0.2, -0.15) is 0 Å². The minimum atomic E-state index is 0. The second kappa shape index (κ2) is 6.39. The molecule has 1 aromatic rings. The Morgan fingerprint density at radius 3 is 2.41 bits per heavy atom. The van der Waals surface area contributed by atoms with Crippen LogP contribution in [0.4, 0.5) is 0 Å². The third-order valence-corrected chi connectivity index (χ3v) is 3.73. The molecule has 17 heavy (non-hydrogen) atoms. The van der Waals surface area contributed by atoms with E-state index in [4.69, 9.17) is 5.73 Å². The first-order chi connectivity index (χ1) is 7.72. The van der Waals surface area contributed by atoms with Crippen molar-refractivity contribution in [2.24, 2.45) is 11.7 Å². The predicted molar refractivity (Wildman–Crippen MR) is 75.7 cm³/mol. The van der Waals surface area contributed by atoms with Crippen molar-refractivity contribution >= 4 is 12.4 Å². The van der Waals surface area contributed by atoms with Crippen molar-refractivity contribution < 1.29 is 0 Å². The second-order valence-electron chi connectivity index (χ2n) is 5.06. The molecule has 0 aliphatic carbocycles. The summed E-state index contributed by atoms with van der Waals surface area (Å²) in [6, 6.07) is 11.4. The van der Waals surface area contributed by atoms with Gasteiger partial charge in [-0.05, 0) is 31.9 Å². The number of benzene rings is 1. The van der Waals surface area contributed by atoms with Crippen LogP contribution in [0.25, 0.3) is 0 Å². The van der Waals surface area contributed by atoms with Gasteiger partial charge in [0.25, 0.3) is 0 Å². The Labute approximate surface area is 111 Å². The summed E-state index contributed by atoms with van der Waals surface area (Å²) in [5.41, 5.74) is 7.34. The van der Waals surface area contributed by atoms with Crippen molar-refractivity contribution in [3.05, 3.63) is 35.9 Å². The Kier molecular flexibility index (Phi) is 5.44. The van der Waals surface area contributed by atoms with E-state index in [1.807, 2.05) is 0 Å². The zero-order valence-corrected chi connectivity index (χ0v) is 11.5. The molecule has 0 unspecified atom stereocenters. The standard InChI is InChI=1S/C14H22N2.ClH/c1-11(2)16-9-13(8-15)14(10-16)12-6-4-3-5-7-12;/h3-7,11,13-14H,8-10,15H2,1-2H3;1H/t13-,14+;/m1./s1. The van der Waals surface area contributed by atoms with E-state index in [1.54, 1.807) is 0 Å². The topological polar surface area (TPSA) is 29.3 Å². The highest BCUT2D eigenvalue weighted by molar-refractivity contribution is 5.85. The normalized spacial score (nSPS) is 24.9. The molecular formula is C14H23ClN2. The molecular weight excluding hydrogens is 232 g/mol. The summed E-state index contributed by atoms with van der Waals surface area (Å²) in [5, 5.41) is 0. The molecule has 0 saturated carbocycles. The summed E-state index contributed by atoms with van der Waals surface area (Å²) in [6.45, 7) is 7.63. The zero-order chi connectivity index (χ0) is 11.5. The number of hydrogen-bond donors (Lipinski definition) is 1. The molecule has 0 radical (unpaired) electrons. The van der Waals surface area contributed by atoms with Crippen LogP contribution in [0, 0.1) is 5.92 Å². The van der Waals surface area contributed by atoms with Gasteiger partial charge in [0, 0.05) is 25.0 Å². The molecule has 0 aromatic heterocycles. The number of nitrogens with two attached hydrogens (primary N) is 1. The maximum atomic E-state index is 5.90. The van der Waals surface area contributed by atoms with Gasteiger partial charge >= 0.3 is 0 Å². The summed E-state index contributed by atoms with van der Waals surface area (Å²) in [5.74, 6) is 1.23. The number of rotatable bonds is 3. The average molecular weight is 255 g/mol. The number of nitrogens with zero attached hydrogens (tertiary/aromatic N) is 1. The maximum Gasteiger partial charge on any atom is 0.00567 e. The third kappa shape index (κ3) is 3.21. The summed E-state index contributed by atoms with van der Waals surface area (Å²) in [4.78, 5) is 2.54. The monoisotopic (exact) mass is 254 g/mol. The van der Waals surface area contributed by atoms with E-state index in [2.05, 4.69) is 49.1 Å². The minimum absolute atomic E-state index is 0. The fourth-order valence-electron chi connectivity index (χ4n) is 2.64. The zero-order valence-electron chi connectivity index (χ0n) is 10.7. The van der Waals surface area contributed by atoms with Gasteiger partial charge in [-0.3, -0.25) is 4.90 Å². The largest absolute Gasteiger partial charge is 0.330 e. The van der Waals surface area contributed by atoms with Crippen LogP contribution < -0.4 is 5.73 Å². The van der Waals surface area contributed by atoms with Gasteiger partial charge in [-0.25, -0.2) is 0 Å². The first kappa shape index (κ1) is 14.5. The van der Waals surface area contributed by atoms with Crippen LogP contribution in [0.3, 0.4) is 0 Å². The number of halogens is 1. The SMILES string of the molecule is CC(C)N1C[C@@H](CN)[C@H](c2ccccc2)C1.Cl. The predicted octanol–water partition coefficient (Wildman–Crippen LogP) is 2.49. The summed E-state index contributed by atoms with van der Waals surface area (Å²) in [7, 11) is 0. The van der Waals surface area contributed by atoms with E-state index in [0.717, 1.165) is 19.6 Å². The first-order valence-electron chi connectivity index (χ1n) is 6.21. The second-order valence-corrected chi connectivity index (χ2v) is 5.06. The van der Waals surface area contributed by atoms with Gasteiger partial charge in [-0.1, -0.05) is 30.3 Å². The quantitative estimate of drug-likeness (QED) is 0.898. The van der Waals surface area contributed by atoms with Crippen molar-refractivity contribution in [2.75, 3.05) is 19.6 Å². The van der Waals surface area contributed by atoms with Crippen molar-refractivity contribution in [1.82, 2.24) is 4.90 Å². The third-order valence-electron chi connectivity index (χ3n) is 3.73. The van der Waals surface area contributed by atoms with Gasteiger partial charge in [0.1, 0.15) is 0 Å². The molecule has 2 atom stereocenters. The summed E-state index contributed by atoms with van der Waals surface area (Å²) < 4.78 is 0. The van der Waals surface area contributed by atoms with Crippen molar-refractivity contribution in [3.63, 3.8) is 0 Å². The Morgan fingerprint density at radius 1 is 1.24 bits per heavy atom. The summed E-state index contributed by atoms with van der Waals surface area (Å²) in [6.07, 6.45) is 0. The van der Waals surface area contributed by atoms with E-state index >= 15 is 0 Å². The lowest BCUT2D eigenvalue weighted by atomic mass is 9.89. The fourth-order valence-corrected chi connectivity index (χ4v) is 2.64. The van der Waals surface area contributed by atoms with Crippen molar-refractivity contribution in [1.29, 1.82) is 0 Å². The lowest BCUT2D eigenvalue weighted by Crippen LogP contribution is -2.29. The van der Waals surface area contributed by atoms with Crippen LogP contribution in [0.2, 0.25) is 0 Å². The molecule has 3 heteroatoms. The van der Waals surface area contributed by atoms with Crippen LogP contribution >= 0.6 is 12.4 Å². The van der Waals surface area contributed by atoms with Crippen LogP contribution in [0.1, 0.15) is 25.3 Å². The van der Waals surface area contributed by atoms with Gasteiger partial charge in [0.15, 0.2) is 0 Å². The Bertz CT molecular complexity index is 326. The van der Waals surface area contributed by atoms with Gasteiger partial charge in [0.05, 0.1) is 0 Å². The molecule has 2 rings (SSSR count). The smallest absolute Gasteiger partial charge is 0.00567 e. The number of hydrogen-bond acceptors (Lipinski definition) is 2. The summed E-state index contributed by atoms with van der Waals surface area (Å²) >= 11 is 0. The molecule has 1 fully saturated rings. The number of likely N-dealkylation sites (tertiary alicyclic amines) is 1. The first-order valence-corrected chi connectivity index (χ1v) is 6.21. The molecule has 2 N–H and O–H groups in total. The van der Waals surface area contributed by atoms with E-state index < -0.39 is 0 Å². The molecule has 1 heterocycles. The molecule has 1 aromatic carbocycles. The van der Waals surface area contributed by atoms with Crippen LogP contribution in [-0.4, -0.2) is 30.6 Å². The van der Waals surface area contributed by atoms with Crippen LogP contribution in [0.15, 0.2) is 30.3 Å². The molecule has 1 aliphatic rings. The molecule has 1 aliphatic heterocycles. The molecule has 96 valence electrons. The van der Waals surface area contributed by atoms with E-state index in [0.29, 0.717) is 17.9 Å². The lowest BCUT2D eigenvalue weighted by Gasteiger charge is -2.20. The molecule has 0 amide bonds. The van der Waals surface area contributed by atoms with Crippen LogP contribution in [-0.2, 0) is 0 Å². The molecule has 1 saturated heterocycles. The van der Waals surface area contributed by atoms with Crippen LogP contribution in [0.5, 0.6) is 0 Å². The van der Waals surface area contributed by atoms with Gasteiger partial charge < -0.3 is 5.73 Å². The van der Waals surface area contributed by atoms with Gasteiger partial charge in [0.2, 0.25) is 0 Å². The lowest BCUT2D eigenvalue weighted by molar-refractivity contribution is 0.265. The Morgan fingerprint density at radius 2 is 1.88 bits per heavy atom. The molecule has 0 spiro atoms. The highest BCUT2D eigenvalue weighted by Gasteiger charge is 2.33. The van der Waals surface area contributed by atoms with E-state index in [9.17, 15) is 0 Å². The Balaban J connectivity index is 0.00000144. The highest BCUT2D eigenvalue weighted by Crippen LogP contribution is 2.32. The van der Waals surface area contributed by atoms with Crippen molar-refractivity contribution in [2.45, 2.75) is 25.8 Å². The van der Waals surface area contributed by atoms with E-state index in [1.165, 1.54) is 5.56 Å². The minimum Gasteiger partial charge on any atom is -0.330 e. The fraction of sp³-hybridized carbons (Fsp3) is 0.571. The molecule has 0 bridgehead atoms. The Hall–Kier alpha value is -0.570. The van der Waals surface area contributed by atoms with E-state index in [-0.39, 0.29) is 12.4 Å². The maximum absolute atomic E-state index is 5.90. The average Bonchev–Trinajstić information content (AvgIpc) is 2.74. The van der Waals surface area contributed by atoms with Gasteiger partial charge in [-0.15, -0.1) is 12.4 Å². The highest BCUT2D eigenvalue weighted by atomic mass is 35.5. The van der Waals surface area contributed by atoms with Crippen molar-refractivity contribution in [3.8, 4) is 0 Å².